The van der Waals surface area contributed by atoms with Crippen LogP contribution < -0.4 is 0 Å². The Morgan fingerprint density at radius 2 is 1.47 bits per heavy atom. The lowest BCUT2D eigenvalue weighted by atomic mass is 10.3. The molecule has 1 rings (SSSR count). The molecule has 2 N–H and O–H groups in total. The van der Waals surface area contributed by atoms with Gasteiger partial charge < -0.3 is 0 Å². The summed E-state index contributed by atoms with van der Waals surface area (Å²) in [4.78, 5) is -1.88. The van der Waals surface area contributed by atoms with Gasteiger partial charge in [0.15, 0.2) is 5.75 Å². The molecule has 0 atom stereocenters. The van der Waals surface area contributed by atoms with Gasteiger partial charge >= 0.3 is 0 Å². The van der Waals surface area contributed by atoms with Crippen molar-refractivity contribution in [2.75, 3.05) is 0 Å². The number of hydrogen-bond donors (Lipinski definition) is 2. The summed E-state index contributed by atoms with van der Waals surface area (Å²) in [5.74, 6) is -1.06. The molecular formula is C6H5O7S2. The van der Waals surface area contributed by atoms with E-state index in [1.165, 1.54) is 0 Å². The zero-order valence-corrected chi connectivity index (χ0v) is 8.62. The van der Waals surface area contributed by atoms with E-state index in [1.807, 2.05) is 0 Å². The fourth-order valence-electron chi connectivity index (χ4n) is 0.850. The van der Waals surface area contributed by atoms with Crippen molar-refractivity contribution >= 4 is 20.2 Å². The standard InChI is InChI=1S/C6H5O7S2/c7-5-2-1-4(14(8,9)10)3-6(5)15(11,12)13/h1-3H,(H,8,9,10)(H,11,12,13). The van der Waals surface area contributed by atoms with Gasteiger partial charge in [-0.3, -0.25) is 14.2 Å². The molecule has 0 fully saturated rings. The first kappa shape index (κ1) is 11.9. The van der Waals surface area contributed by atoms with Crippen molar-refractivity contribution in [1.29, 1.82) is 0 Å². The van der Waals surface area contributed by atoms with E-state index < -0.39 is 35.8 Å². The summed E-state index contributed by atoms with van der Waals surface area (Å²) < 4.78 is 59.5. The molecule has 0 saturated heterocycles. The maximum absolute atomic E-state index is 10.9. The molecule has 9 heteroatoms. The highest BCUT2D eigenvalue weighted by Crippen LogP contribution is 2.25. The van der Waals surface area contributed by atoms with Crippen molar-refractivity contribution in [1.82, 2.24) is 0 Å². The number of hydrogen-bond acceptors (Lipinski definition) is 4. The SMILES string of the molecule is [O]c1ccc(S(=O)(=O)O)cc1S(=O)(=O)O. The minimum Gasteiger partial charge on any atom is -0.288 e. The minimum atomic E-state index is -4.80. The first-order valence-corrected chi connectivity index (χ1v) is 6.26. The normalized spacial score (nSPS) is 12.7. The molecule has 7 nitrogen and oxygen atoms in total. The number of rotatable bonds is 2. The molecule has 0 bridgehead atoms. The van der Waals surface area contributed by atoms with Crippen LogP contribution in [0.3, 0.4) is 0 Å². The van der Waals surface area contributed by atoms with E-state index in [2.05, 4.69) is 0 Å². The Kier molecular flexibility index (Phi) is 2.74. The Morgan fingerprint density at radius 3 is 1.87 bits per heavy atom. The van der Waals surface area contributed by atoms with Crippen molar-refractivity contribution in [2.24, 2.45) is 0 Å². The molecule has 0 amide bonds. The summed E-state index contributed by atoms with van der Waals surface area (Å²) in [6.07, 6.45) is 0. The highest BCUT2D eigenvalue weighted by molar-refractivity contribution is 7.86. The molecule has 83 valence electrons. The van der Waals surface area contributed by atoms with Crippen LogP contribution in [0, 0.1) is 0 Å². The highest BCUT2D eigenvalue weighted by atomic mass is 32.2. The molecular weight excluding hydrogens is 248 g/mol. The topological polar surface area (TPSA) is 129 Å². The lowest BCUT2D eigenvalue weighted by Crippen LogP contribution is -2.03. The molecule has 15 heavy (non-hydrogen) atoms. The van der Waals surface area contributed by atoms with Crippen molar-refractivity contribution in [2.45, 2.75) is 9.79 Å². The van der Waals surface area contributed by atoms with Gasteiger partial charge in [0.2, 0.25) is 0 Å². The smallest absolute Gasteiger partial charge is 0.288 e. The summed E-state index contributed by atoms with van der Waals surface area (Å²) in [7, 11) is -9.42. The Labute approximate surface area is 85.5 Å². The molecule has 0 aliphatic carbocycles. The van der Waals surface area contributed by atoms with Gasteiger partial charge in [-0.1, -0.05) is 0 Å². The molecule has 1 aromatic rings. The zero-order valence-electron chi connectivity index (χ0n) is 6.98. The first-order chi connectivity index (χ1) is 6.62. The average Bonchev–Trinajstić information content (AvgIpc) is 2.00. The van der Waals surface area contributed by atoms with Crippen LogP contribution in [-0.4, -0.2) is 25.9 Å². The summed E-state index contributed by atoms with van der Waals surface area (Å²) in [6.45, 7) is 0. The van der Waals surface area contributed by atoms with Crippen molar-refractivity contribution < 1.29 is 31.0 Å². The third-order valence-electron chi connectivity index (χ3n) is 1.49. The third kappa shape index (κ3) is 2.65. The lowest BCUT2D eigenvalue weighted by molar-refractivity contribution is 0.339. The van der Waals surface area contributed by atoms with Crippen LogP contribution >= 0.6 is 0 Å². The van der Waals surface area contributed by atoms with E-state index in [-0.39, 0.29) is 0 Å². The van der Waals surface area contributed by atoms with Crippen molar-refractivity contribution in [3.05, 3.63) is 18.2 Å². The summed E-state index contributed by atoms with van der Waals surface area (Å²) in [5, 5.41) is 10.9. The molecule has 0 aromatic heterocycles. The minimum absolute atomic E-state index is 0.382. The molecule has 0 saturated carbocycles. The van der Waals surface area contributed by atoms with Gasteiger partial charge in [-0.05, 0) is 18.2 Å². The molecule has 0 heterocycles. The monoisotopic (exact) mass is 253 g/mol. The fraction of sp³-hybridized carbons (Fsp3) is 0. The Morgan fingerprint density at radius 1 is 0.933 bits per heavy atom. The maximum atomic E-state index is 10.9. The molecule has 1 aromatic carbocycles. The third-order valence-corrected chi connectivity index (χ3v) is 3.22. The van der Waals surface area contributed by atoms with Crippen molar-refractivity contribution in [3.8, 4) is 5.75 Å². The Hall–Kier alpha value is -1.16. The second-order valence-corrected chi connectivity index (χ2v) is 5.37. The van der Waals surface area contributed by atoms with E-state index in [0.29, 0.717) is 12.1 Å². The molecule has 0 aliphatic rings. The van der Waals surface area contributed by atoms with Gasteiger partial charge in [-0.15, -0.1) is 0 Å². The van der Waals surface area contributed by atoms with E-state index in [0.717, 1.165) is 6.07 Å². The van der Waals surface area contributed by atoms with Crippen LogP contribution in [0.2, 0.25) is 0 Å². The average molecular weight is 253 g/mol. The molecule has 0 aliphatic heterocycles. The quantitative estimate of drug-likeness (QED) is 0.730. The fourth-order valence-corrected chi connectivity index (χ4v) is 2.03. The zero-order chi connectivity index (χ0) is 11.9. The van der Waals surface area contributed by atoms with Crippen molar-refractivity contribution in [3.63, 3.8) is 0 Å². The van der Waals surface area contributed by atoms with Gasteiger partial charge in [0.05, 0.1) is 4.90 Å². The van der Waals surface area contributed by atoms with E-state index in [9.17, 15) is 21.9 Å². The largest absolute Gasteiger partial charge is 0.298 e. The van der Waals surface area contributed by atoms with Gasteiger partial charge in [-0.2, -0.15) is 16.8 Å². The molecule has 0 spiro atoms. The molecule has 1 radical (unpaired) electrons. The Balaban J connectivity index is 3.57. The van der Waals surface area contributed by atoms with E-state index in [4.69, 9.17) is 9.11 Å². The van der Waals surface area contributed by atoms with Gasteiger partial charge in [0.25, 0.3) is 20.2 Å². The first-order valence-electron chi connectivity index (χ1n) is 3.38. The number of benzene rings is 1. The van der Waals surface area contributed by atoms with E-state index >= 15 is 0 Å². The van der Waals surface area contributed by atoms with Crippen LogP contribution in [0.1, 0.15) is 0 Å². The van der Waals surface area contributed by atoms with Crippen LogP contribution in [0.25, 0.3) is 0 Å². The van der Waals surface area contributed by atoms with Gasteiger partial charge in [0.1, 0.15) is 4.90 Å². The Bertz CT molecular complexity index is 584. The van der Waals surface area contributed by atoms with Crippen LogP contribution in [0.4, 0.5) is 0 Å². The van der Waals surface area contributed by atoms with Crippen LogP contribution in [-0.2, 0) is 25.3 Å². The second-order valence-electron chi connectivity index (χ2n) is 2.56. The predicted octanol–water partition coefficient (Wildman–Crippen LogP) is 0.324. The lowest BCUT2D eigenvalue weighted by Gasteiger charge is -2.00. The predicted molar refractivity (Wildman–Crippen MR) is 46.2 cm³/mol. The second kappa shape index (κ2) is 3.45. The highest BCUT2D eigenvalue weighted by Gasteiger charge is 2.20. The van der Waals surface area contributed by atoms with Gasteiger partial charge in [0, 0.05) is 0 Å². The van der Waals surface area contributed by atoms with Crippen LogP contribution in [0.5, 0.6) is 5.75 Å². The molecule has 0 unspecified atom stereocenters. The van der Waals surface area contributed by atoms with Gasteiger partial charge in [-0.25, -0.2) is 0 Å². The maximum Gasteiger partial charge on any atom is 0.298 e. The summed E-state index contributed by atoms with van der Waals surface area (Å²) >= 11 is 0. The summed E-state index contributed by atoms with van der Waals surface area (Å²) in [5.41, 5.74) is 0. The van der Waals surface area contributed by atoms with Crippen LogP contribution in [0.15, 0.2) is 28.0 Å². The summed E-state index contributed by atoms with van der Waals surface area (Å²) in [6, 6.07) is 1.73. The van der Waals surface area contributed by atoms with E-state index in [1.54, 1.807) is 0 Å².